The smallest absolute Gasteiger partial charge is 0.203 e. The van der Waals surface area contributed by atoms with Gasteiger partial charge in [-0.2, -0.15) is 0 Å². The summed E-state index contributed by atoms with van der Waals surface area (Å²) < 4.78 is 165. The van der Waals surface area contributed by atoms with Gasteiger partial charge < -0.3 is 133 Å². The van der Waals surface area contributed by atoms with Crippen LogP contribution in [0.25, 0.3) is 0 Å². The first-order chi connectivity index (χ1) is 71.9. The predicted octanol–water partition coefficient (Wildman–Crippen LogP) is 22.4. The molecule has 796 valence electrons. The van der Waals surface area contributed by atoms with E-state index >= 15 is 0 Å². The zero-order valence-electron chi connectivity index (χ0n) is 91.2. The van der Waals surface area contributed by atoms with Crippen LogP contribution in [0, 0.1) is 11.8 Å². The summed E-state index contributed by atoms with van der Waals surface area (Å²) in [4.78, 5) is 0. The highest BCUT2D eigenvalue weighted by molar-refractivity contribution is 5.61. The molecule has 0 N–H and O–H groups in total. The fourth-order valence-corrected chi connectivity index (χ4v) is 19.7. The first-order valence-corrected chi connectivity index (χ1v) is 49.0. The quantitative estimate of drug-likeness (QED) is 0.0343. The van der Waals surface area contributed by atoms with Crippen LogP contribution in [0.2, 0.25) is 0 Å². The molecule has 0 heterocycles. The molecule has 0 spiro atoms. The van der Waals surface area contributed by atoms with Crippen LogP contribution < -0.4 is 133 Å². The minimum absolute atomic E-state index is 0.0406. The second-order valence-electron chi connectivity index (χ2n) is 35.4. The Morgan fingerprint density at radius 2 is 0.291 bits per heavy atom. The van der Waals surface area contributed by atoms with Gasteiger partial charge in [0, 0.05) is 46.5 Å². The van der Waals surface area contributed by atoms with E-state index in [0.29, 0.717) is 182 Å². The SMILES string of the molecule is COc1cc(CCc2c(OC)cc(CC[C@@H](Cc3cc(OC)c(OC)c(OC)c3)[C@H](Cc3cc(OC)c(OC)c(OC)c3)c3cc(OC)c(CCc4cc(OC)cc(OC)c4)c(OC)c3)cc2OC)cc(OC)c1.COc1cc(CCc2c(OC)cc(CC[C@H](Cc3cc(OC)c(OC)c(OC)c3)[C@@H](Cc3cc(OC)c(OC)c(OC)c3)c3cc(OC)c(CCc4cc(OC)cc(OC)c4)c(OC)c3)cc2OC)cc(OC)c1. The first kappa shape index (κ1) is 113. The molecular weight excluding hydrogens is 1890 g/mol. The van der Waals surface area contributed by atoms with Gasteiger partial charge in [0.2, 0.25) is 23.0 Å². The molecule has 0 radical (unpaired) electrons. The average molecular weight is 2040 g/mol. The van der Waals surface area contributed by atoms with Crippen LogP contribution in [-0.4, -0.2) is 199 Å². The highest BCUT2D eigenvalue weighted by atomic mass is 16.6. The minimum atomic E-state index is -0.153. The van der Waals surface area contributed by atoms with Gasteiger partial charge in [-0.05, 0) is 339 Å². The molecule has 28 heteroatoms. The Kier molecular flexibility index (Phi) is 43.0. The second kappa shape index (κ2) is 56.1. The van der Waals surface area contributed by atoms with Crippen molar-refractivity contribution in [2.75, 3.05) is 199 Å². The summed E-state index contributed by atoms with van der Waals surface area (Å²) in [5, 5.41) is 0. The Balaban J connectivity index is 0.000000281. The van der Waals surface area contributed by atoms with E-state index in [1.54, 1.807) is 199 Å². The maximum absolute atomic E-state index is 6.28. The molecule has 0 fully saturated rings. The summed E-state index contributed by atoms with van der Waals surface area (Å²) in [6.07, 6.45) is 10.5. The Hall–Kier alpha value is -15.0. The van der Waals surface area contributed by atoms with Crippen LogP contribution >= 0.6 is 0 Å². The lowest BCUT2D eigenvalue weighted by Gasteiger charge is -2.30. The summed E-state index contributed by atoms with van der Waals surface area (Å²) in [6, 6.07) is 57.0. The number of ether oxygens (including phenoxy) is 28. The van der Waals surface area contributed by atoms with Gasteiger partial charge in [-0.15, -0.1) is 0 Å². The number of benzene rings is 12. The molecule has 28 nitrogen and oxygen atoms in total. The number of rotatable bonds is 58. The zero-order valence-corrected chi connectivity index (χ0v) is 91.2. The van der Waals surface area contributed by atoms with Gasteiger partial charge in [-0.3, -0.25) is 0 Å². The number of methoxy groups -OCH3 is 28. The van der Waals surface area contributed by atoms with Gasteiger partial charge >= 0.3 is 0 Å². The standard InChI is InChI=1S/2C60H74O14/c2*1-61-44-22-37(23-45(35-44)62-2)16-19-48-51(65-5)27-39(28-52(48)66-6)15-18-42(21-40-29-55(69-9)59(73-13)56(30-40)70-10)50(26-41-31-57(71-11)60(74-14)58(32-41)72-12)43-33-53(67-7)49(54(34-43)68-8)20-17-38-24-46(63-3)36-47(25-38)64-4/h2*22-25,27-36,42,50H,15-21,26H2,1-14H3/t2*42-,50-/m10/s1. The van der Waals surface area contributed by atoms with E-state index in [4.69, 9.17) is 133 Å². The normalized spacial score (nSPS) is 11.7. The molecule has 0 saturated carbocycles. The van der Waals surface area contributed by atoms with Crippen LogP contribution in [0.1, 0.15) is 114 Å². The van der Waals surface area contributed by atoms with Crippen molar-refractivity contribution >= 4 is 0 Å². The van der Waals surface area contributed by atoms with Crippen LogP contribution in [0.15, 0.2) is 170 Å². The average Bonchev–Trinajstić information content (AvgIpc) is 0.784. The lowest BCUT2D eigenvalue weighted by Crippen LogP contribution is -2.20. The van der Waals surface area contributed by atoms with Crippen molar-refractivity contribution in [1.29, 1.82) is 0 Å². The second-order valence-corrected chi connectivity index (χ2v) is 35.4. The summed E-state index contributed by atoms with van der Waals surface area (Å²) in [5.74, 6) is 17.9. The van der Waals surface area contributed by atoms with Crippen molar-refractivity contribution in [3.05, 3.63) is 259 Å². The molecule has 0 bridgehead atoms. The molecule has 12 rings (SSSR count). The Morgan fingerprint density at radius 1 is 0.135 bits per heavy atom. The minimum Gasteiger partial charge on any atom is -0.497 e. The molecule has 4 atom stereocenters. The van der Waals surface area contributed by atoms with Crippen molar-refractivity contribution in [2.24, 2.45) is 11.8 Å². The van der Waals surface area contributed by atoms with Crippen molar-refractivity contribution in [1.82, 2.24) is 0 Å². The molecule has 0 aliphatic heterocycles. The third kappa shape index (κ3) is 28.5. The third-order valence-corrected chi connectivity index (χ3v) is 27.3. The molecule has 12 aromatic rings. The van der Waals surface area contributed by atoms with E-state index in [1.165, 1.54) is 0 Å². The zero-order chi connectivity index (χ0) is 107. The molecule has 0 amide bonds. The monoisotopic (exact) mass is 2040 g/mol. The lowest BCUT2D eigenvalue weighted by atomic mass is 9.75. The molecule has 0 unspecified atom stereocenters. The molecule has 0 aliphatic rings. The van der Waals surface area contributed by atoms with E-state index < -0.39 is 0 Å². The number of hydrogen-bond donors (Lipinski definition) is 0. The number of hydrogen-bond acceptors (Lipinski definition) is 28. The Labute approximate surface area is 873 Å². The van der Waals surface area contributed by atoms with Crippen molar-refractivity contribution < 1.29 is 133 Å². The van der Waals surface area contributed by atoms with E-state index in [1.807, 2.05) is 121 Å². The largest absolute Gasteiger partial charge is 0.497 e. The van der Waals surface area contributed by atoms with Crippen molar-refractivity contribution in [2.45, 2.75) is 115 Å². The maximum Gasteiger partial charge on any atom is 0.203 e. The molecule has 0 aliphatic carbocycles. The fraction of sp³-hybridized carbons (Fsp3) is 0.400. The summed E-state index contributed by atoms with van der Waals surface area (Å²) in [6.45, 7) is 0. The molecular formula is C120H148O28. The van der Waals surface area contributed by atoms with Gasteiger partial charge in [-0.25, -0.2) is 0 Å². The third-order valence-electron chi connectivity index (χ3n) is 27.3. The van der Waals surface area contributed by atoms with Gasteiger partial charge in [-0.1, -0.05) is 0 Å². The molecule has 0 aromatic heterocycles. The molecule has 0 saturated heterocycles. The first-order valence-electron chi connectivity index (χ1n) is 49.0. The summed E-state index contributed by atoms with van der Waals surface area (Å²) in [5.41, 5.74) is 16.2. The Bertz CT molecular complexity index is 5660. The highest BCUT2D eigenvalue weighted by Gasteiger charge is 2.34. The molecule has 12 aromatic carbocycles. The van der Waals surface area contributed by atoms with E-state index in [2.05, 4.69) is 48.5 Å². The highest BCUT2D eigenvalue weighted by Crippen LogP contribution is 2.51. The van der Waals surface area contributed by atoms with Crippen LogP contribution in [0.5, 0.6) is 161 Å². The Morgan fingerprint density at radius 3 is 0.453 bits per heavy atom. The summed E-state index contributed by atoms with van der Waals surface area (Å²) in [7, 11) is 46.4. The van der Waals surface area contributed by atoms with Crippen molar-refractivity contribution in [3.8, 4) is 161 Å². The van der Waals surface area contributed by atoms with Gasteiger partial charge in [0.15, 0.2) is 46.0 Å². The lowest BCUT2D eigenvalue weighted by molar-refractivity contribution is 0.321. The van der Waals surface area contributed by atoms with Crippen LogP contribution in [0.3, 0.4) is 0 Å². The van der Waals surface area contributed by atoms with Gasteiger partial charge in [0.05, 0.1) is 199 Å². The molecule has 148 heavy (non-hydrogen) atoms. The van der Waals surface area contributed by atoms with E-state index in [0.717, 1.165) is 171 Å². The maximum atomic E-state index is 6.28. The van der Waals surface area contributed by atoms with E-state index in [-0.39, 0.29) is 23.7 Å². The fourth-order valence-electron chi connectivity index (χ4n) is 19.7. The topological polar surface area (TPSA) is 258 Å². The predicted molar refractivity (Wildman–Crippen MR) is 574 cm³/mol. The van der Waals surface area contributed by atoms with Crippen molar-refractivity contribution in [3.63, 3.8) is 0 Å². The summed E-state index contributed by atoms with van der Waals surface area (Å²) >= 11 is 0. The van der Waals surface area contributed by atoms with Gasteiger partial charge in [0.25, 0.3) is 0 Å². The van der Waals surface area contributed by atoms with Gasteiger partial charge in [0.1, 0.15) is 92.0 Å². The van der Waals surface area contributed by atoms with Crippen LogP contribution in [0.4, 0.5) is 0 Å². The number of aryl methyl sites for hydroxylation is 6. The van der Waals surface area contributed by atoms with Crippen LogP contribution in [-0.2, 0) is 89.9 Å². The van der Waals surface area contributed by atoms with E-state index in [9.17, 15) is 0 Å².